The van der Waals surface area contributed by atoms with Crippen LogP contribution < -0.4 is 20.1 Å². The number of ether oxygens (including phenoxy) is 2. The molecule has 0 saturated carbocycles. The maximum atomic E-state index is 12.0. The molecule has 122 valence electrons. The van der Waals surface area contributed by atoms with E-state index in [0.29, 0.717) is 11.5 Å². The Morgan fingerprint density at radius 2 is 1.74 bits per heavy atom. The van der Waals surface area contributed by atoms with Crippen LogP contribution in [0.15, 0.2) is 40.9 Å². The van der Waals surface area contributed by atoms with E-state index in [1.165, 1.54) is 0 Å². The van der Waals surface area contributed by atoms with Crippen molar-refractivity contribution < 1.29 is 14.3 Å². The van der Waals surface area contributed by atoms with E-state index in [9.17, 15) is 4.79 Å². The Kier molecular flexibility index (Phi) is 5.87. The van der Waals surface area contributed by atoms with Gasteiger partial charge in [-0.15, -0.1) is 0 Å². The highest BCUT2D eigenvalue weighted by atomic mass is 79.9. The zero-order chi connectivity index (χ0) is 16.8. The third-order valence-electron chi connectivity index (χ3n) is 3.29. The summed E-state index contributed by atoms with van der Waals surface area (Å²) in [5.41, 5.74) is 2.65. The maximum Gasteiger partial charge on any atom is 0.243 e. The molecule has 0 atom stereocenters. The molecule has 0 aliphatic carbocycles. The van der Waals surface area contributed by atoms with Gasteiger partial charge in [-0.05, 0) is 36.8 Å². The Morgan fingerprint density at radius 3 is 2.39 bits per heavy atom. The molecule has 0 aliphatic rings. The van der Waals surface area contributed by atoms with Crippen LogP contribution in [0.4, 0.5) is 11.4 Å². The Morgan fingerprint density at radius 1 is 1.04 bits per heavy atom. The van der Waals surface area contributed by atoms with Gasteiger partial charge in [-0.25, -0.2) is 0 Å². The predicted molar refractivity (Wildman–Crippen MR) is 95.5 cm³/mol. The van der Waals surface area contributed by atoms with Crippen molar-refractivity contribution >= 4 is 33.2 Å². The molecule has 0 aliphatic heterocycles. The number of benzene rings is 2. The third kappa shape index (κ3) is 4.63. The Labute approximate surface area is 144 Å². The molecule has 5 nitrogen and oxygen atoms in total. The maximum absolute atomic E-state index is 12.0. The largest absolute Gasteiger partial charge is 0.493 e. The number of methoxy groups -OCH3 is 2. The van der Waals surface area contributed by atoms with Crippen molar-refractivity contribution in [2.75, 3.05) is 31.4 Å². The highest BCUT2D eigenvalue weighted by molar-refractivity contribution is 9.10. The van der Waals surface area contributed by atoms with Gasteiger partial charge in [0.1, 0.15) is 0 Å². The lowest BCUT2D eigenvalue weighted by molar-refractivity contribution is -0.114. The van der Waals surface area contributed by atoms with Crippen molar-refractivity contribution in [3.05, 3.63) is 46.4 Å². The SMILES string of the molecule is COc1ccc(NCC(=O)Nc2ccc(C)c(Br)c2)cc1OC. The molecule has 0 aromatic heterocycles. The van der Waals surface area contributed by atoms with Gasteiger partial charge < -0.3 is 20.1 Å². The average molecular weight is 379 g/mol. The first-order valence-corrected chi connectivity index (χ1v) is 7.84. The van der Waals surface area contributed by atoms with E-state index in [2.05, 4.69) is 26.6 Å². The Balaban J connectivity index is 1.95. The molecule has 2 rings (SSSR count). The summed E-state index contributed by atoms with van der Waals surface area (Å²) in [7, 11) is 3.15. The zero-order valence-electron chi connectivity index (χ0n) is 13.3. The number of rotatable bonds is 6. The molecule has 0 unspecified atom stereocenters. The minimum atomic E-state index is -0.129. The first kappa shape index (κ1) is 17.1. The van der Waals surface area contributed by atoms with Gasteiger partial charge in [0.2, 0.25) is 5.91 Å². The highest BCUT2D eigenvalue weighted by Crippen LogP contribution is 2.29. The summed E-state index contributed by atoms with van der Waals surface area (Å²) >= 11 is 3.45. The first-order chi connectivity index (χ1) is 11.0. The van der Waals surface area contributed by atoms with Crippen molar-refractivity contribution in [2.45, 2.75) is 6.92 Å². The fraction of sp³-hybridized carbons (Fsp3) is 0.235. The molecule has 2 aromatic rings. The fourth-order valence-corrected chi connectivity index (χ4v) is 2.38. The summed E-state index contributed by atoms with van der Waals surface area (Å²) in [6, 6.07) is 11.1. The molecule has 0 fully saturated rings. The zero-order valence-corrected chi connectivity index (χ0v) is 14.9. The Bertz CT molecular complexity index is 704. The molecular weight excluding hydrogens is 360 g/mol. The topological polar surface area (TPSA) is 59.6 Å². The molecule has 0 bridgehead atoms. The minimum absolute atomic E-state index is 0.129. The predicted octanol–water partition coefficient (Wildman–Crippen LogP) is 3.83. The summed E-state index contributed by atoms with van der Waals surface area (Å²) in [5, 5.41) is 5.90. The van der Waals surface area contributed by atoms with Crippen LogP contribution in [0.5, 0.6) is 11.5 Å². The number of hydrogen-bond acceptors (Lipinski definition) is 4. The van der Waals surface area contributed by atoms with E-state index in [0.717, 1.165) is 21.4 Å². The lowest BCUT2D eigenvalue weighted by atomic mass is 10.2. The quantitative estimate of drug-likeness (QED) is 0.801. The number of aryl methyl sites for hydroxylation is 1. The van der Waals surface area contributed by atoms with Gasteiger partial charge in [0.05, 0.1) is 20.8 Å². The van der Waals surface area contributed by atoms with Crippen molar-refractivity contribution in [2.24, 2.45) is 0 Å². The van der Waals surface area contributed by atoms with Crippen LogP contribution in [0.3, 0.4) is 0 Å². The summed E-state index contributed by atoms with van der Waals surface area (Å²) < 4.78 is 11.4. The molecule has 0 spiro atoms. The number of hydrogen-bond donors (Lipinski definition) is 2. The van der Waals surface area contributed by atoms with Gasteiger partial charge in [-0.2, -0.15) is 0 Å². The van der Waals surface area contributed by atoms with E-state index in [1.54, 1.807) is 26.4 Å². The lowest BCUT2D eigenvalue weighted by Gasteiger charge is -2.12. The molecule has 6 heteroatoms. The second-order valence-corrected chi connectivity index (χ2v) is 5.79. The van der Waals surface area contributed by atoms with Crippen molar-refractivity contribution in [3.8, 4) is 11.5 Å². The molecule has 0 radical (unpaired) electrons. The average Bonchev–Trinajstić information content (AvgIpc) is 2.56. The van der Waals surface area contributed by atoms with E-state index in [1.807, 2.05) is 31.2 Å². The lowest BCUT2D eigenvalue weighted by Crippen LogP contribution is -2.21. The van der Waals surface area contributed by atoms with E-state index < -0.39 is 0 Å². The second kappa shape index (κ2) is 7.87. The monoisotopic (exact) mass is 378 g/mol. The molecule has 0 saturated heterocycles. The highest BCUT2D eigenvalue weighted by Gasteiger charge is 2.07. The second-order valence-electron chi connectivity index (χ2n) is 4.94. The molecule has 1 amide bonds. The van der Waals surface area contributed by atoms with Gasteiger partial charge in [0, 0.05) is 21.9 Å². The van der Waals surface area contributed by atoms with Crippen LogP contribution in [0, 0.1) is 6.92 Å². The molecule has 23 heavy (non-hydrogen) atoms. The van der Waals surface area contributed by atoms with Gasteiger partial charge >= 0.3 is 0 Å². The number of amides is 1. The number of carbonyl (C=O) groups is 1. The van der Waals surface area contributed by atoms with Crippen molar-refractivity contribution in [1.82, 2.24) is 0 Å². The van der Waals surface area contributed by atoms with Crippen LogP contribution >= 0.6 is 15.9 Å². The van der Waals surface area contributed by atoms with Crippen LogP contribution in [0.1, 0.15) is 5.56 Å². The van der Waals surface area contributed by atoms with Crippen LogP contribution in [0.25, 0.3) is 0 Å². The minimum Gasteiger partial charge on any atom is -0.493 e. The Hall–Kier alpha value is -2.21. The summed E-state index contributed by atoms with van der Waals surface area (Å²) in [6.45, 7) is 2.15. The van der Waals surface area contributed by atoms with Crippen molar-refractivity contribution in [3.63, 3.8) is 0 Å². The summed E-state index contributed by atoms with van der Waals surface area (Å²) in [5.74, 6) is 1.13. The number of anilines is 2. The molecule has 2 aromatic carbocycles. The van der Waals surface area contributed by atoms with Gasteiger partial charge in [0.25, 0.3) is 0 Å². The standard InChI is InChI=1S/C17H19BrN2O3/c1-11-4-5-13(8-14(11)18)20-17(21)10-19-12-6-7-15(22-2)16(9-12)23-3/h4-9,19H,10H2,1-3H3,(H,20,21). The fourth-order valence-electron chi connectivity index (χ4n) is 2.00. The molecule has 0 heterocycles. The normalized spacial score (nSPS) is 10.1. The van der Waals surface area contributed by atoms with Gasteiger partial charge in [0.15, 0.2) is 11.5 Å². The first-order valence-electron chi connectivity index (χ1n) is 7.05. The molecule has 2 N–H and O–H groups in total. The summed E-state index contributed by atoms with van der Waals surface area (Å²) in [6.07, 6.45) is 0. The van der Waals surface area contributed by atoms with Crippen LogP contribution in [0.2, 0.25) is 0 Å². The van der Waals surface area contributed by atoms with Gasteiger partial charge in [-0.1, -0.05) is 22.0 Å². The van der Waals surface area contributed by atoms with E-state index in [4.69, 9.17) is 9.47 Å². The molecular formula is C17H19BrN2O3. The van der Waals surface area contributed by atoms with Crippen LogP contribution in [-0.2, 0) is 4.79 Å². The summed E-state index contributed by atoms with van der Waals surface area (Å²) in [4.78, 5) is 12.0. The van der Waals surface area contributed by atoms with E-state index in [-0.39, 0.29) is 12.5 Å². The smallest absolute Gasteiger partial charge is 0.243 e. The number of halogens is 1. The van der Waals surface area contributed by atoms with Crippen LogP contribution in [-0.4, -0.2) is 26.7 Å². The van der Waals surface area contributed by atoms with Gasteiger partial charge in [-0.3, -0.25) is 4.79 Å². The van der Waals surface area contributed by atoms with E-state index >= 15 is 0 Å². The third-order valence-corrected chi connectivity index (χ3v) is 4.15. The van der Waals surface area contributed by atoms with Crippen molar-refractivity contribution in [1.29, 1.82) is 0 Å². The number of nitrogens with one attached hydrogen (secondary N) is 2. The number of carbonyl (C=O) groups excluding carboxylic acids is 1.